The molecule has 0 aliphatic heterocycles. The van der Waals surface area contributed by atoms with E-state index in [1.54, 1.807) is 25.3 Å². The van der Waals surface area contributed by atoms with Crippen LogP contribution >= 0.6 is 0 Å². The summed E-state index contributed by atoms with van der Waals surface area (Å²) in [6, 6.07) is 15.1. The second-order valence-electron chi connectivity index (χ2n) is 7.73. The van der Waals surface area contributed by atoms with Crippen molar-refractivity contribution in [3.63, 3.8) is 0 Å². The third-order valence-corrected chi connectivity index (χ3v) is 5.36. The summed E-state index contributed by atoms with van der Waals surface area (Å²) in [6.07, 6.45) is 2.81. The fraction of sp³-hybridized carbons (Fsp3) is 0.208. The molecule has 0 aliphatic carbocycles. The van der Waals surface area contributed by atoms with Crippen molar-refractivity contribution in [2.75, 3.05) is 7.11 Å². The fourth-order valence-corrected chi connectivity index (χ4v) is 3.50. The Morgan fingerprint density at radius 1 is 1.09 bits per heavy atom. The normalized spacial score (nSPS) is 11.2. The summed E-state index contributed by atoms with van der Waals surface area (Å²) < 4.78 is 14.9. The van der Waals surface area contributed by atoms with Gasteiger partial charge < -0.3 is 14.0 Å². The Morgan fingerprint density at radius 2 is 1.86 bits per heavy atom. The molecule has 0 aliphatic rings. The van der Waals surface area contributed by atoms with Crippen molar-refractivity contribution in [2.45, 2.75) is 13.2 Å². The number of nitrogens with zero attached hydrogens (tertiary/aromatic N) is 5. The first kappa shape index (κ1) is 23.5. The zero-order valence-corrected chi connectivity index (χ0v) is 19.5. The van der Waals surface area contributed by atoms with Crippen molar-refractivity contribution in [2.24, 2.45) is 19.2 Å². The van der Waals surface area contributed by atoms with Crippen LogP contribution in [0, 0.1) is 0 Å². The van der Waals surface area contributed by atoms with Gasteiger partial charge in [-0.1, -0.05) is 30.3 Å². The molecule has 180 valence electrons. The second kappa shape index (κ2) is 10.1. The van der Waals surface area contributed by atoms with E-state index in [9.17, 15) is 14.4 Å². The van der Waals surface area contributed by atoms with E-state index in [1.165, 1.54) is 35.8 Å². The number of imidazole rings is 1. The van der Waals surface area contributed by atoms with Crippen LogP contribution < -0.4 is 26.1 Å². The van der Waals surface area contributed by atoms with Crippen LogP contribution in [-0.4, -0.2) is 37.9 Å². The van der Waals surface area contributed by atoms with Crippen molar-refractivity contribution in [3.8, 4) is 11.5 Å². The summed E-state index contributed by atoms with van der Waals surface area (Å²) in [5, 5.41) is 3.98. The summed E-state index contributed by atoms with van der Waals surface area (Å²) >= 11 is 0. The molecule has 4 aromatic rings. The molecule has 0 atom stereocenters. The van der Waals surface area contributed by atoms with Crippen LogP contribution in [0.1, 0.15) is 11.1 Å². The van der Waals surface area contributed by atoms with Gasteiger partial charge in [0.2, 0.25) is 0 Å². The maximum absolute atomic E-state index is 12.5. The van der Waals surface area contributed by atoms with E-state index < -0.39 is 17.2 Å². The van der Waals surface area contributed by atoms with E-state index in [0.717, 1.165) is 10.1 Å². The zero-order chi connectivity index (χ0) is 24.9. The minimum atomic E-state index is -0.529. The Balaban J connectivity index is 1.41. The number of benzene rings is 2. The fourth-order valence-electron chi connectivity index (χ4n) is 3.50. The topological polar surface area (TPSA) is 122 Å². The minimum absolute atomic E-state index is 0.157. The number of aryl methyl sites for hydroxylation is 1. The second-order valence-corrected chi connectivity index (χ2v) is 7.73. The molecule has 0 radical (unpaired) electrons. The molecule has 0 unspecified atom stereocenters. The molecule has 0 saturated carbocycles. The van der Waals surface area contributed by atoms with Crippen molar-refractivity contribution < 1.29 is 14.3 Å². The first-order valence-electron chi connectivity index (χ1n) is 10.7. The predicted octanol–water partition coefficient (Wildman–Crippen LogP) is 1.17. The lowest BCUT2D eigenvalue weighted by molar-refractivity contribution is -0.121. The number of carbonyl (C=O) groups excluding carboxylic acids is 1. The Kier molecular flexibility index (Phi) is 6.76. The average molecular weight is 476 g/mol. The largest absolute Gasteiger partial charge is 0.493 e. The van der Waals surface area contributed by atoms with Crippen LogP contribution in [0.15, 0.2) is 69.5 Å². The number of amides is 1. The van der Waals surface area contributed by atoms with Gasteiger partial charge in [-0.2, -0.15) is 5.10 Å². The lowest BCUT2D eigenvalue weighted by atomic mass is 10.2. The van der Waals surface area contributed by atoms with E-state index in [-0.39, 0.29) is 17.7 Å². The van der Waals surface area contributed by atoms with Crippen LogP contribution in [-0.2, 0) is 32.0 Å². The summed E-state index contributed by atoms with van der Waals surface area (Å²) in [4.78, 5) is 41.0. The van der Waals surface area contributed by atoms with Gasteiger partial charge in [-0.15, -0.1) is 0 Å². The van der Waals surface area contributed by atoms with E-state index in [1.807, 2.05) is 30.3 Å². The standard InChI is InChI=1S/C24H24N6O5/c1-28-22-21(23(32)29(2)24(28)33)30(15-25-22)13-20(31)27-26-12-17-9-10-18(19(11-17)34-3)35-14-16-7-5-4-6-8-16/h4-12,15H,13-14H2,1-3H3,(H,27,31)/b26-12-. The lowest BCUT2D eigenvalue weighted by Crippen LogP contribution is -2.38. The average Bonchev–Trinajstić information content (AvgIpc) is 3.29. The van der Waals surface area contributed by atoms with Crippen LogP contribution in [0.5, 0.6) is 11.5 Å². The molecular weight excluding hydrogens is 452 g/mol. The van der Waals surface area contributed by atoms with Gasteiger partial charge in [0, 0.05) is 14.1 Å². The van der Waals surface area contributed by atoms with Crippen molar-refractivity contribution >= 4 is 23.3 Å². The Hall–Kier alpha value is -4.67. The first-order chi connectivity index (χ1) is 16.9. The molecule has 0 fully saturated rings. The van der Waals surface area contributed by atoms with Crippen LogP contribution in [0.4, 0.5) is 0 Å². The Morgan fingerprint density at radius 3 is 2.60 bits per heavy atom. The third-order valence-electron chi connectivity index (χ3n) is 5.36. The number of fused-ring (bicyclic) bond motifs is 1. The van der Waals surface area contributed by atoms with E-state index >= 15 is 0 Å². The number of carbonyl (C=O) groups is 1. The number of hydrazone groups is 1. The molecule has 1 N–H and O–H groups in total. The van der Waals surface area contributed by atoms with Gasteiger partial charge in [-0.3, -0.25) is 18.7 Å². The van der Waals surface area contributed by atoms with E-state index in [2.05, 4.69) is 15.5 Å². The maximum Gasteiger partial charge on any atom is 0.332 e. The maximum atomic E-state index is 12.5. The van der Waals surface area contributed by atoms with Gasteiger partial charge >= 0.3 is 5.69 Å². The summed E-state index contributed by atoms with van der Waals surface area (Å²) in [6.45, 7) is 0.206. The highest BCUT2D eigenvalue weighted by Crippen LogP contribution is 2.28. The molecule has 11 heteroatoms. The van der Waals surface area contributed by atoms with Gasteiger partial charge in [0.15, 0.2) is 22.7 Å². The van der Waals surface area contributed by atoms with Crippen molar-refractivity contribution in [1.29, 1.82) is 0 Å². The van der Waals surface area contributed by atoms with E-state index in [0.29, 0.717) is 23.7 Å². The monoisotopic (exact) mass is 476 g/mol. The molecule has 0 saturated heterocycles. The SMILES string of the molecule is COc1cc(/C=N\NC(=O)Cn2cnc3c2c(=O)n(C)c(=O)n3C)ccc1OCc1ccccc1. The van der Waals surface area contributed by atoms with Crippen LogP contribution in [0.3, 0.4) is 0 Å². The number of aromatic nitrogens is 4. The Labute approximate surface area is 199 Å². The molecule has 0 bridgehead atoms. The van der Waals surface area contributed by atoms with Gasteiger partial charge in [-0.05, 0) is 29.3 Å². The molecule has 35 heavy (non-hydrogen) atoms. The first-order valence-corrected chi connectivity index (χ1v) is 10.7. The molecule has 4 rings (SSSR count). The molecule has 11 nitrogen and oxygen atoms in total. The highest BCUT2D eigenvalue weighted by atomic mass is 16.5. The van der Waals surface area contributed by atoms with Gasteiger partial charge in [0.25, 0.3) is 11.5 Å². The van der Waals surface area contributed by atoms with Crippen LogP contribution in [0.2, 0.25) is 0 Å². The number of ether oxygens (including phenoxy) is 2. The molecule has 2 heterocycles. The predicted molar refractivity (Wildman–Crippen MR) is 130 cm³/mol. The van der Waals surface area contributed by atoms with Crippen molar-refractivity contribution in [3.05, 3.63) is 86.8 Å². The number of nitrogens with one attached hydrogen (secondary N) is 1. The molecular formula is C24H24N6O5. The number of hydrogen-bond donors (Lipinski definition) is 1. The zero-order valence-electron chi connectivity index (χ0n) is 19.5. The third kappa shape index (κ3) is 4.98. The van der Waals surface area contributed by atoms with E-state index in [4.69, 9.17) is 9.47 Å². The number of hydrogen-bond acceptors (Lipinski definition) is 7. The van der Waals surface area contributed by atoms with Gasteiger partial charge in [-0.25, -0.2) is 15.2 Å². The minimum Gasteiger partial charge on any atom is -0.493 e. The highest BCUT2D eigenvalue weighted by molar-refractivity contribution is 5.84. The highest BCUT2D eigenvalue weighted by Gasteiger charge is 2.15. The Bertz CT molecular complexity index is 1520. The van der Waals surface area contributed by atoms with Gasteiger partial charge in [0.1, 0.15) is 13.2 Å². The molecule has 2 aromatic carbocycles. The van der Waals surface area contributed by atoms with Gasteiger partial charge in [0.05, 0.1) is 19.7 Å². The number of methoxy groups -OCH3 is 1. The number of rotatable bonds is 8. The summed E-state index contributed by atoms with van der Waals surface area (Å²) in [5.74, 6) is 0.647. The van der Waals surface area contributed by atoms with Crippen LogP contribution in [0.25, 0.3) is 11.2 Å². The quantitative estimate of drug-likeness (QED) is 0.301. The lowest BCUT2D eigenvalue weighted by Gasteiger charge is -2.11. The summed E-state index contributed by atoms with van der Waals surface area (Å²) in [7, 11) is 4.43. The summed E-state index contributed by atoms with van der Waals surface area (Å²) in [5.41, 5.74) is 3.49. The molecule has 2 aromatic heterocycles. The van der Waals surface area contributed by atoms with Crippen molar-refractivity contribution in [1.82, 2.24) is 24.1 Å². The molecule has 0 spiro atoms. The molecule has 1 amide bonds. The smallest absolute Gasteiger partial charge is 0.332 e.